The third-order valence-electron chi connectivity index (χ3n) is 2.98. The minimum Gasteiger partial charge on any atom is -0.381 e. The van der Waals surface area contributed by atoms with Gasteiger partial charge < -0.3 is 14.6 Å². The van der Waals surface area contributed by atoms with Crippen LogP contribution in [-0.2, 0) is 16.7 Å². The maximum absolute atomic E-state index is 5.30. The van der Waals surface area contributed by atoms with Crippen LogP contribution in [0.25, 0.3) is 0 Å². The Morgan fingerprint density at radius 2 is 2.44 bits per heavy atom. The molecular formula is C11H19N3O2. The molecule has 0 amide bonds. The molecule has 0 radical (unpaired) electrons. The van der Waals surface area contributed by atoms with Crippen molar-refractivity contribution in [3.05, 3.63) is 11.7 Å². The first kappa shape index (κ1) is 11.5. The standard InChI is InChI=1S/C11H19N3O2/c1-3-15-8-5-9-13-10(16-14-9)11(2)6-4-7-12-11/h12H,3-8H2,1-2H3. The highest BCUT2D eigenvalue weighted by Gasteiger charge is 2.35. The van der Waals surface area contributed by atoms with E-state index in [1.54, 1.807) is 0 Å². The fourth-order valence-electron chi connectivity index (χ4n) is 1.96. The molecule has 0 aromatic carbocycles. The zero-order valence-corrected chi connectivity index (χ0v) is 9.95. The quantitative estimate of drug-likeness (QED) is 0.764. The van der Waals surface area contributed by atoms with E-state index < -0.39 is 0 Å². The average Bonchev–Trinajstić information content (AvgIpc) is 2.88. The van der Waals surface area contributed by atoms with E-state index in [1.807, 2.05) is 6.92 Å². The first-order valence-corrected chi connectivity index (χ1v) is 5.90. The fourth-order valence-corrected chi connectivity index (χ4v) is 1.96. The van der Waals surface area contributed by atoms with Gasteiger partial charge in [-0.1, -0.05) is 5.16 Å². The Morgan fingerprint density at radius 1 is 1.56 bits per heavy atom. The summed E-state index contributed by atoms with van der Waals surface area (Å²) in [6, 6.07) is 0. The summed E-state index contributed by atoms with van der Waals surface area (Å²) in [5, 5.41) is 7.37. The lowest BCUT2D eigenvalue weighted by atomic mass is 10.0. The lowest BCUT2D eigenvalue weighted by molar-refractivity contribution is 0.149. The van der Waals surface area contributed by atoms with Gasteiger partial charge in [0, 0.05) is 13.0 Å². The summed E-state index contributed by atoms with van der Waals surface area (Å²) in [4.78, 5) is 4.42. The highest BCUT2D eigenvalue weighted by atomic mass is 16.5. The van der Waals surface area contributed by atoms with E-state index in [0.29, 0.717) is 18.9 Å². The zero-order chi connectivity index (χ0) is 11.4. The average molecular weight is 225 g/mol. The van der Waals surface area contributed by atoms with Gasteiger partial charge in [0.25, 0.3) is 0 Å². The number of nitrogens with one attached hydrogen (secondary N) is 1. The van der Waals surface area contributed by atoms with Gasteiger partial charge in [-0.2, -0.15) is 4.98 Å². The Labute approximate surface area is 95.6 Å². The normalized spacial score (nSPS) is 25.1. The van der Waals surface area contributed by atoms with Gasteiger partial charge >= 0.3 is 0 Å². The van der Waals surface area contributed by atoms with E-state index in [2.05, 4.69) is 22.4 Å². The molecule has 0 spiro atoms. The molecule has 2 heterocycles. The molecule has 1 unspecified atom stereocenters. The molecule has 5 heteroatoms. The van der Waals surface area contributed by atoms with E-state index in [1.165, 1.54) is 0 Å². The van der Waals surface area contributed by atoms with Crippen molar-refractivity contribution in [1.29, 1.82) is 0 Å². The summed E-state index contributed by atoms with van der Waals surface area (Å²) in [5.74, 6) is 1.44. The summed E-state index contributed by atoms with van der Waals surface area (Å²) >= 11 is 0. The van der Waals surface area contributed by atoms with Crippen LogP contribution in [0.15, 0.2) is 4.52 Å². The predicted molar refractivity (Wildman–Crippen MR) is 59.1 cm³/mol. The molecule has 1 aliphatic heterocycles. The molecular weight excluding hydrogens is 206 g/mol. The van der Waals surface area contributed by atoms with Gasteiger partial charge in [-0.25, -0.2) is 0 Å². The van der Waals surface area contributed by atoms with Crippen molar-refractivity contribution in [2.75, 3.05) is 19.8 Å². The van der Waals surface area contributed by atoms with E-state index in [4.69, 9.17) is 9.26 Å². The lowest BCUT2D eigenvalue weighted by Crippen LogP contribution is -2.33. The Morgan fingerprint density at radius 3 is 3.12 bits per heavy atom. The first-order valence-electron chi connectivity index (χ1n) is 5.90. The van der Waals surface area contributed by atoms with Crippen molar-refractivity contribution >= 4 is 0 Å². The molecule has 1 aromatic heterocycles. The van der Waals surface area contributed by atoms with Gasteiger partial charge in [-0.05, 0) is 33.2 Å². The van der Waals surface area contributed by atoms with Crippen LogP contribution in [-0.4, -0.2) is 29.9 Å². The molecule has 0 aliphatic carbocycles. The van der Waals surface area contributed by atoms with Crippen LogP contribution >= 0.6 is 0 Å². The van der Waals surface area contributed by atoms with Gasteiger partial charge in [-0.3, -0.25) is 0 Å². The van der Waals surface area contributed by atoms with Crippen LogP contribution in [0.2, 0.25) is 0 Å². The number of ether oxygens (including phenoxy) is 1. The predicted octanol–water partition coefficient (Wildman–Crippen LogP) is 1.25. The zero-order valence-electron chi connectivity index (χ0n) is 9.95. The fraction of sp³-hybridized carbons (Fsp3) is 0.818. The van der Waals surface area contributed by atoms with Crippen LogP contribution in [0.1, 0.15) is 38.4 Å². The lowest BCUT2D eigenvalue weighted by Gasteiger charge is -2.18. The third kappa shape index (κ3) is 2.41. The third-order valence-corrected chi connectivity index (χ3v) is 2.98. The van der Waals surface area contributed by atoms with Gasteiger partial charge in [-0.15, -0.1) is 0 Å². The van der Waals surface area contributed by atoms with Crippen molar-refractivity contribution < 1.29 is 9.26 Å². The number of hydrogen-bond acceptors (Lipinski definition) is 5. The molecule has 5 nitrogen and oxygen atoms in total. The molecule has 1 atom stereocenters. The summed E-state index contributed by atoms with van der Waals surface area (Å²) in [5.41, 5.74) is -0.128. The van der Waals surface area contributed by atoms with E-state index >= 15 is 0 Å². The largest absolute Gasteiger partial charge is 0.381 e. The molecule has 2 rings (SSSR count). The van der Waals surface area contributed by atoms with E-state index in [0.717, 1.165) is 31.8 Å². The van der Waals surface area contributed by atoms with Gasteiger partial charge in [0.15, 0.2) is 5.82 Å². The van der Waals surface area contributed by atoms with Gasteiger partial charge in [0.05, 0.1) is 12.1 Å². The van der Waals surface area contributed by atoms with Crippen LogP contribution in [0.3, 0.4) is 0 Å². The van der Waals surface area contributed by atoms with Crippen LogP contribution in [0.4, 0.5) is 0 Å². The maximum Gasteiger partial charge on any atom is 0.246 e. The maximum atomic E-state index is 5.30. The molecule has 1 fully saturated rings. The summed E-state index contributed by atoms with van der Waals surface area (Å²) < 4.78 is 10.6. The minimum absolute atomic E-state index is 0.128. The number of nitrogens with zero attached hydrogens (tertiary/aromatic N) is 2. The highest BCUT2D eigenvalue weighted by molar-refractivity contribution is 5.04. The summed E-state index contributed by atoms with van der Waals surface area (Å²) in [6.07, 6.45) is 2.93. The Kier molecular flexibility index (Phi) is 3.56. The SMILES string of the molecule is CCOCCc1noc(C2(C)CCCN2)n1. The highest BCUT2D eigenvalue weighted by Crippen LogP contribution is 2.28. The van der Waals surface area contributed by atoms with Crippen molar-refractivity contribution in [1.82, 2.24) is 15.5 Å². The van der Waals surface area contributed by atoms with Crippen LogP contribution in [0.5, 0.6) is 0 Å². The second kappa shape index (κ2) is 4.93. The number of hydrogen-bond donors (Lipinski definition) is 1. The first-order chi connectivity index (χ1) is 7.74. The van der Waals surface area contributed by atoms with Crippen LogP contribution < -0.4 is 5.32 Å². The summed E-state index contributed by atoms with van der Waals surface area (Å²) in [7, 11) is 0. The Hall–Kier alpha value is -0.940. The van der Waals surface area contributed by atoms with E-state index in [9.17, 15) is 0 Å². The Balaban J connectivity index is 1.96. The van der Waals surface area contributed by atoms with Crippen molar-refractivity contribution in [2.45, 2.75) is 38.6 Å². The summed E-state index contributed by atoms with van der Waals surface area (Å²) in [6.45, 7) is 6.49. The topological polar surface area (TPSA) is 60.2 Å². The molecule has 90 valence electrons. The molecule has 1 aliphatic rings. The van der Waals surface area contributed by atoms with Crippen LogP contribution in [0, 0.1) is 0 Å². The molecule has 1 N–H and O–H groups in total. The Bertz CT molecular complexity index is 332. The van der Waals surface area contributed by atoms with Crippen molar-refractivity contribution in [3.63, 3.8) is 0 Å². The van der Waals surface area contributed by atoms with Crippen molar-refractivity contribution in [3.8, 4) is 0 Å². The molecule has 16 heavy (non-hydrogen) atoms. The molecule has 0 saturated carbocycles. The van der Waals surface area contributed by atoms with Gasteiger partial charge in [0.2, 0.25) is 5.89 Å². The van der Waals surface area contributed by atoms with E-state index in [-0.39, 0.29) is 5.54 Å². The molecule has 1 aromatic rings. The molecule has 0 bridgehead atoms. The number of aromatic nitrogens is 2. The smallest absolute Gasteiger partial charge is 0.246 e. The molecule has 1 saturated heterocycles. The number of rotatable bonds is 5. The second-order valence-electron chi connectivity index (χ2n) is 4.33. The minimum atomic E-state index is -0.128. The monoisotopic (exact) mass is 225 g/mol. The second-order valence-corrected chi connectivity index (χ2v) is 4.33. The van der Waals surface area contributed by atoms with Crippen molar-refractivity contribution in [2.24, 2.45) is 0 Å². The van der Waals surface area contributed by atoms with Gasteiger partial charge in [0.1, 0.15) is 0 Å².